The van der Waals surface area contributed by atoms with E-state index in [9.17, 15) is 9.59 Å². The third kappa shape index (κ3) is 2.74. The number of likely N-dealkylation sites (tertiary alicyclic amines) is 1. The molecule has 0 radical (unpaired) electrons. The van der Waals surface area contributed by atoms with Crippen molar-refractivity contribution in [1.29, 1.82) is 0 Å². The van der Waals surface area contributed by atoms with Gasteiger partial charge in [-0.2, -0.15) is 0 Å². The van der Waals surface area contributed by atoms with Gasteiger partial charge in [0.05, 0.1) is 9.88 Å². The van der Waals surface area contributed by atoms with Crippen LogP contribution in [-0.2, 0) is 11.2 Å². The molecule has 130 valence electrons. The smallest absolute Gasteiger partial charge is 0.274 e. The summed E-state index contributed by atoms with van der Waals surface area (Å²) in [7, 11) is 0. The van der Waals surface area contributed by atoms with Crippen LogP contribution in [0.3, 0.4) is 0 Å². The fourth-order valence-corrected chi connectivity index (χ4v) is 4.81. The lowest BCUT2D eigenvalue weighted by Gasteiger charge is -2.24. The number of carbonyl (C=O) groups is 2. The number of hydrogen-bond donors (Lipinski definition) is 1. The zero-order valence-electron chi connectivity index (χ0n) is 14.4. The number of rotatable bonds is 4. The van der Waals surface area contributed by atoms with Gasteiger partial charge in [0.1, 0.15) is 11.7 Å². The SMILES string of the molecule is CCc1nc(C(=O)N2C[C@H]3C[C@H]3[C@H]2C(N)=O)c(-c2cccc(C)c2)s1. The number of fused-ring (bicyclic) bond motifs is 1. The van der Waals surface area contributed by atoms with Crippen LogP contribution < -0.4 is 5.73 Å². The number of thiazole rings is 1. The molecule has 1 saturated heterocycles. The molecule has 6 heteroatoms. The van der Waals surface area contributed by atoms with E-state index < -0.39 is 11.9 Å². The van der Waals surface area contributed by atoms with Crippen molar-refractivity contribution in [3.05, 3.63) is 40.5 Å². The molecular weight excluding hydrogens is 334 g/mol. The molecule has 2 heterocycles. The first kappa shape index (κ1) is 16.3. The van der Waals surface area contributed by atoms with Crippen LogP contribution in [0.15, 0.2) is 24.3 Å². The predicted molar refractivity (Wildman–Crippen MR) is 97.3 cm³/mol. The van der Waals surface area contributed by atoms with Crippen molar-refractivity contribution >= 4 is 23.2 Å². The van der Waals surface area contributed by atoms with Crippen LogP contribution in [0.4, 0.5) is 0 Å². The van der Waals surface area contributed by atoms with Gasteiger partial charge in [-0.05, 0) is 37.2 Å². The lowest BCUT2D eigenvalue weighted by molar-refractivity contribution is -0.122. The van der Waals surface area contributed by atoms with E-state index in [-0.39, 0.29) is 11.8 Å². The Bertz CT molecular complexity index is 860. The van der Waals surface area contributed by atoms with E-state index in [1.54, 1.807) is 16.2 Å². The number of aromatic nitrogens is 1. The Morgan fingerprint density at radius 1 is 1.40 bits per heavy atom. The second-order valence-corrected chi connectivity index (χ2v) is 8.06. The molecule has 0 spiro atoms. The highest BCUT2D eigenvalue weighted by molar-refractivity contribution is 7.15. The van der Waals surface area contributed by atoms with E-state index in [4.69, 9.17) is 5.73 Å². The molecule has 4 rings (SSSR count). The van der Waals surface area contributed by atoms with Crippen molar-refractivity contribution in [2.75, 3.05) is 6.54 Å². The normalized spacial score (nSPS) is 24.2. The molecular formula is C19H21N3O2S. The highest BCUT2D eigenvalue weighted by Crippen LogP contribution is 2.50. The Kier molecular flexibility index (Phi) is 3.87. The molecule has 1 aliphatic heterocycles. The molecule has 3 atom stereocenters. The highest BCUT2D eigenvalue weighted by Gasteiger charge is 2.56. The summed E-state index contributed by atoms with van der Waals surface area (Å²) in [4.78, 5) is 32.2. The maximum absolute atomic E-state index is 13.2. The number of carbonyl (C=O) groups excluding carboxylic acids is 2. The number of nitrogens with zero attached hydrogens (tertiary/aromatic N) is 2. The first-order chi connectivity index (χ1) is 12.0. The number of piperidine rings is 1. The van der Waals surface area contributed by atoms with E-state index >= 15 is 0 Å². The van der Waals surface area contributed by atoms with Gasteiger partial charge in [0.2, 0.25) is 5.91 Å². The summed E-state index contributed by atoms with van der Waals surface area (Å²) in [5.74, 6) is 0.103. The molecule has 1 aromatic heterocycles. The van der Waals surface area contributed by atoms with E-state index in [2.05, 4.69) is 11.1 Å². The average Bonchev–Trinajstić information content (AvgIpc) is 3.06. The largest absolute Gasteiger partial charge is 0.368 e. The summed E-state index contributed by atoms with van der Waals surface area (Å²) < 4.78 is 0. The standard InChI is InChI=1S/C19H21N3O2S/c1-3-14-21-15(17(25-14)11-6-4-5-10(2)7-11)19(24)22-9-12-8-13(12)16(22)18(20)23/h4-7,12-13,16H,3,8-9H2,1-2H3,(H2,20,23)/t12-,13-,16+/m1/s1. The van der Waals surface area contributed by atoms with Crippen molar-refractivity contribution in [3.63, 3.8) is 0 Å². The number of nitrogens with two attached hydrogens (primary N) is 1. The van der Waals surface area contributed by atoms with Crippen molar-refractivity contribution in [1.82, 2.24) is 9.88 Å². The lowest BCUT2D eigenvalue weighted by Crippen LogP contribution is -2.46. The average molecular weight is 355 g/mol. The summed E-state index contributed by atoms with van der Waals surface area (Å²) in [5.41, 5.74) is 8.17. The van der Waals surface area contributed by atoms with Crippen LogP contribution in [0.2, 0.25) is 0 Å². The minimum atomic E-state index is -0.477. The van der Waals surface area contributed by atoms with Crippen LogP contribution in [0.5, 0.6) is 0 Å². The van der Waals surface area contributed by atoms with Crippen molar-refractivity contribution < 1.29 is 9.59 Å². The first-order valence-electron chi connectivity index (χ1n) is 8.66. The summed E-state index contributed by atoms with van der Waals surface area (Å²) in [6, 6.07) is 7.61. The molecule has 2 amide bonds. The minimum absolute atomic E-state index is 0.163. The van der Waals surface area contributed by atoms with E-state index in [1.165, 1.54) is 0 Å². The fourth-order valence-electron chi connectivity index (χ4n) is 3.82. The van der Waals surface area contributed by atoms with Crippen LogP contribution in [0.25, 0.3) is 10.4 Å². The zero-order chi connectivity index (χ0) is 17.7. The van der Waals surface area contributed by atoms with E-state index in [1.807, 2.05) is 32.0 Å². The second-order valence-electron chi connectivity index (χ2n) is 6.97. The Morgan fingerprint density at radius 2 is 2.20 bits per heavy atom. The molecule has 2 aliphatic rings. The lowest BCUT2D eigenvalue weighted by atomic mass is 10.1. The van der Waals surface area contributed by atoms with Crippen LogP contribution in [-0.4, -0.2) is 34.3 Å². The number of hydrogen-bond acceptors (Lipinski definition) is 4. The fraction of sp³-hybridized carbons (Fsp3) is 0.421. The van der Waals surface area contributed by atoms with Gasteiger partial charge in [-0.3, -0.25) is 9.59 Å². The van der Waals surface area contributed by atoms with Gasteiger partial charge >= 0.3 is 0 Å². The van der Waals surface area contributed by atoms with Gasteiger partial charge in [-0.1, -0.05) is 36.8 Å². The van der Waals surface area contributed by atoms with Crippen LogP contribution in [0.1, 0.15) is 34.4 Å². The molecule has 1 saturated carbocycles. The zero-order valence-corrected chi connectivity index (χ0v) is 15.2. The molecule has 2 N–H and O–H groups in total. The molecule has 1 aromatic carbocycles. The van der Waals surface area contributed by atoms with E-state index in [0.29, 0.717) is 18.2 Å². The third-order valence-corrected chi connectivity index (χ3v) is 6.41. The van der Waals surface area contributed by atoms with Gasteiger partial charge in [0, 0.05) is 6.54 Å². The Labute approximate surface area is 150 Å². The second kappa shape index (κ2) is 5.95. The van der Waals surface area contributed by atoms with Crippen molar-refractivity contribution in [3.8, 4) is 10.4 Å². The molecule has 5 nitrogen and oxygen atoms in total. The quantitative estimate of drug-likeness (QED) is 0.916. The number of primary amides is 1. The monoisotopic (exact) mass is 355 g/mol. The third-order valence-electron chi connectivity index (χ3n) is 5.16. The summed E-state index contributed by atoms with van der Waals surface area (Å²) in [5, 5.41) is 0.930. The molecule has 2 aromatic rings. The van der Waals surface area contributed by atoms with Gasteiger partial charge < -0.3 is 10.6 Å². The minimum Gasteiger partial charge on any atom is -0.368 e. The van der Waals surface area contributed by atoms with Gasteiger partial charge in [0.25, 0.3) is 5.91 Å². The molecule has 1 aliphatic carbocycles. The molecule has 0 bridgehead atoms. The summed E-state index contributed by atoms with van der Waals surface area (Å²) in [6.07, 6.45) is 1.78. The Morgan fingerprint density at radius 3 is 2.88 bits per heavy atom. The number of benzene rings is 1. The maximum atomic E-state index is 13.2. The van der Waals surface area contributed by atoms with Crippen LogP contribution in [0, 0.1) is 18.8 Å². The number of aryl methyl sites for hydroxylation is 2. The maximum Gasteiger partial charge on any atom is 0.274 e. The summed E-state index contributed by atoms with van der Waals surface area (Å²) >= 11 is 1.56. The molecule has 25 heavy (non-hydrogen) atoms. The molecule has 2 fully saturated rings. The molecule has 0 unspecified atom stereocenters. The predicted octanol–water partition coefficient (Wildman–Crippen LogP) is 2.63. The van der Waals surface area contributed by atoms with Crippen molar-refractivity contribution in [2.45, 2.75) is 32.7 Å². The van der Waals surface area contributed by atoms with E-state index in [0.717, 1.165) is 33.9 Å². The van der Waals surface area contributed by atoms with Gasteiger partial charge in [0.15, 0.2) is 0 Å². The topological polar surface area (TPSA) is 76.3 Å². The summed E-state index contributed by atoms with van der Waals surface area (Å²) in [6.45, 7) is 4.68. The Hall–Kier alpha value is -2.21. The number of amides is 2. The highest BCUT2D eigenvalue weighted by atomic mass is 32.1. The Balaban J connectivity index is 1.73. The van der Waals surface area contributed by atoms with Crippen LogP contribution >= 0.6 is 11.3 Å². The first-order valence-corrected chi connectivity index (χ1v) is 9.48. The van der Waals surface area contributed by atoms with Crippen molar-refractivity contribution in [2.24, 2.45) is 17.6 Å². The van der Waals surface area contributed by atoms with Gasteiger partial charge in [-0.25, -0.2) is 4.98 Å². The van der Waals surface area contributed by atoms with Gasteiger partial charge in [-0.15, -0.1) is 11.3 Å².